The lowest BCUT2D eigenvalue weighted by Gasteiger charge is -2.35. The molecule has 78 valence electrons. The van der Waals surface area contributed by atoms with E-state index in [0.29, 0.717) is 32.5 Å². The van der Waals surface area contributed by atoms with Crippen LogP contribution in [0.1, 0.15) is 19.3 Å². The molecule has 1 spiro atoms. The quantitative estimate of drug-likeness (QED) is 0.611. The fourth-order valence-electron chi connectivity index (χ4n) is 2.35. The summed E-state index contributed by atoms with van der Waals surface area (Å²) in [6.07, 6.45) is 1.64. The zero-order chi connectivity index (χ0) is 10.2. The Kier molecular flexibility index (Phi) is 2.19. The van der Waals surface area contributed by atoms with Crippen LogP contribution in [0.2, 0.25) is 0 Å². The molecule has 1 atom stereocenters. The van der Waals surface area contributed by atoms with Gasteiger partial charge in [0, 0.05) is 25.0 Å². The van der Waals surface area contributed by atoms with Crippen LogP contribution < -0.4 is 5.32 Å². The van der Waals surface area contributed by atoms with E-state index in [1.165, 1.54) is 0 Å². The van der Waals surface area contributed by atoms with Crippen molar-refractivity contribution in [1.82, 2.24) is 5.32 Å². The molecule has 1 unspecified atom stereocenters. The topological polar surface area (TPSA) is 75.6 Å². The van der Waals surface area contributed by atoms with Crippen LogP contribution in [0.3, 0.4) is 0 Å². The highest BCUT2D eigenvalue weighted by molar-refractivity contribution is 5.89. The minimum atomic E-state index is -0.933. The van der Waals surface area contributed by atoms with E-state index in [9.17, 15) is 9.59 Å². The van der Waals surface area contributed by atoms with E-state index in [-0.39, 0.29) is 5.91 Å². The molecular weight excluding hydrogens is 186 g/mol. The van der Waals surface area contributed by atoms with E-state index in [2.05, 4.69) is 5.32 Å². The first-order chi connectivity index (χ1) is 6.64. The maximum absolute atomic E-state index is 11.2. The average molecular weight is 199 g/mol. The van der Waals surface area contributed by atoms with Crippen molar-refractivity contribution in [3.8, 4) is 0 Å². The zero-order valence-electron chi connectivity index (χ0n) is 7.78. The van der Waals surface area contributed by atoms with Gasteiger partial charge >= 0.3 is 5.97 Å². The molecule has 0 aliphatic carbocycles. The summed E-state index contributed by atoms with van der Waals surface area (Å²) in [7, 11) is 0. The van der Waals surface area contributed by atoms with Gasteiger partial charge in [0.1, 0.15) is 6.04 Å². The third kappa shape index (κ3) is 1.37. The largest absolute Gasteiger partial charge is 0.480 e. The van der Waals surface area contributed by atoms with Crippen molar-refractivity contribution in [2.75, 3.05) is 13.2 Å². The summed E-state index contributed by atoms with van der Waals surface area (Å²) in [5.74, 6) is -1.09. The molecule has 0 radical (unpaired) electrons. The second-order valence-electron chi connectivity index (χ2n) is 3.99. The lowest BCUT2D eigenvalue weighted by Crippen LogP contribution is -2.46. The molecule has 2 saturated heterocycles. The summed E-state index contributed by atoms with van der Waals surface area (Å²) in [4.78, 5) is 22.2. The fraction of sp³-hybridized carbons (Fsp3) is 0.778. The molecule has 2 N–H and O–H groups in total. The van der Waals surface area contributed by atoms with Gasteiger partial charge in [0.25, 0.3) is 0 Å². The number of rotatable bonds is 1. The Balaban J connectivity index is 2.21. The Morgan fingerprint density at radius 2 is 2.14 bits per heavy atom. The Morgan fingerprint density at radius 3 is 2.71 bits per heavy atom. The minimum Gasteiger partial charge on any atom is -0.480 e. The van der Waals surface area contributed by atoms with E-state index in [4.69, 9.17) is 9.84 Å². The smallest absolute Gasteiger partial charge is 0.326 e. The van der Waals surface area contributed by atoms with Crippen molar-refractivity contribution in [2.45, 2.75) is 25.3 Å². The second kappa shape index (κ2) is 3.24. The number of nitrogens with one attached hydrogen (secondary N) is 1. The number of amides is 1. The van der Waals surface area contributed by atoms with Crippen molar-refractivity contribution >= 4 is 11.9 Å². The van der Waals surface area contributed by atoms with Gasteiger partial charge in [-0.2, -0.15) is 0 Å². The number of hydrogen-bond donors (Lipinski definition) is 2. The van der Waals surface area contributed by atoms with Crippen molar-refractivity contribution in [3.05, 3.63) is 0 Å². The number of carboxylic acid groups (broad SMARTS) is 1. The summed E-state index contributed by atoms with van der Waals surface area (Å²) in [6.45, 7) is 1.11. The number of carbonyl (C=O) groups excluding carboxylic acids is 1. The van der Waals surface area contributed by atoms with Crippen LogP contribution in [-0.4, -0.2) is 36.2 Å². The first-order valence-corrected chi connectivity index (χ1v) is 4.74. The molecular formula is C9H13NO4. The van der Waals surface area contributed by atoms with Crippen molar-refractivity contribution < 1.29 is 19.4 Å². The highest BCUT2D eigenvalue weighted by atomic mass is 16.5. The van der Waals surface area contributed by atoms with Crippen LogP contribution in [0.15, 0.2) is 0 Å². The highest BCUT2D eigenvalue weighted by Gasteiger charge is 2.51. The maximum atomic E-state index is 11.2. The Bertz CT molecular complexity index is 270. The number of aliphatic carboxylic acids is 1. The zero-order valence-corrected chi connectivity index (χ0v) is 7.78. The van der Waals surface area contributed by atoms with E-state index in [1.54, 1.807) is 0 Å². The van der Waals surface area contributed by atoms with Gasteiger partial charge < -0.3 is 15.2 Å². The Labute approximate surface area is 81.4 Å². The van der Waals surface area contributed by atoms with E-state index < -0.39 is 17.4 Å². The standard InChI is InChI=1S/C9H13NO4/c11-6-5-9(1-3-14-4-2-9)7(10-6)8(12)13/h7H,1-5H2,(H,10,11)(H,12,13). The number of ether oxygens (including phenoxy) is 1. The molecule has 0 bridgehead atoms. The van der Waals surface area contributed by atoms with Crippen molar-refractivity contribution in [1.29, 1.82) is 0 Å². The molecule has 5 heteroatoms. The lowest BCUT2D eigenvalue weighted by atomic mass is 9.74. The van der Waals surface area contributed by atoms with Gasteiger partial charge in [-0.1, -0.05) is 0 Å². The minimum absolute atomic E-state index is 0.153. The molecule has 2 heterocycles. The van der Waals surface area contributed by atoms with Crippen LogP contribution in [0.5, 0.6) is 0 Å². The summed E-state index contributed by atoms with van der Waals surface area (Å²) in [5.41, 5.74) is -0.402. The summed E-state index contributed by atoms with van der Waals surface area (Å²) < 4.78 is 5.19. The Morgan fingerprint density at radius 1 is 1.50 bits per heavy atom. The number of carboxylic acids is 1. The van der Waals surface area contributed by atoms with E-state index in [1.807, 2.05) is 0 Å². The van der Waals surface area contributed by atoms with E-state index in [0.717, 1.165) is 0 Å². The Hall–Kier alpha value is -1.10. The average Bonchev–Trinajstić information content (AvgIpc) is 2.44. The second-order valence-corrected chi connectivity index (χ2v) is 3.99. The monoisotopic (exact) mass is 199 g/mol. The lowest BCUT2D eigenvalue weighted by molar-refractivity contribution is -0.144. The van der Waals surface area contributed by atoms with Crippen LogP contribution in [0.4, 0.5) is 0 Å². The SMILES string of the molecule is O=C1CC2(CCOCC2)C(C(=O)O)N1. The summed E-state index contributed by atoms with van der Waals surface area (Å²) in [6, 6.07) is -0.723. The van der Waals surface area contributed by atoms with Gasteiger partial charge in [-0.15, -0.1) is 0 Å². The molecule has 2 aliphatic rings. The maximum Gasteiger partial charge on any atom is 0.326 e. The summed E-state index contributed by atoms with van der Waals surface area (Å²) in [5, 5.41) is 11.5. The predicted octanol–water partition coefficient (Wildman–Crippen LogP) is -0.244. The van der Waals surface area contributed by atoms with Gasteiger partial charge in [-0.25, -0.2) is 4.79 Å². The van der Waals surface area contributed by atoms with Crippen LogP contribution in [-0.2, 0) is 14.3 Å². The molecule has 0 aromatic carbocycles. The summed E-state index contributed by atoms with van der Waals surface area (Å²) >= 11 is 0. The van der Waals surface area contributed by atoms with Crippen LogP contribution in [0, 0.1) is 5.41 Å². The van der Waals surface area contributed by atoms with Gasteiger partial charge in [0.05, 0.1) is 0 Å². The van der Waals surface area contributed by atoms with Gasteiger partial charge in [-0.3, -0.25) is 4.79 Å². The van der Waals surface area contributed by atoms with Crippen molar-refractivity contribution in [3.63, 3.8) is 0 Å². The fourth-order valence-corrected chi connectivity index (χ4v) is 2.35. The molecule has 0 aromatic rings. The van der Waals surface area contributed by atoms with Crippen LogP contribution >= 0.6 is 0 Å². The molecule has 2 aliphatic heterocycles. The third-order valence-corrected chi connectivity index (χ3v) is 3.17. The molecule has 0 aromatic heterocycles. The molecule has 1 amide bonds. The van der Waals surface area contributed by atoms with Crippen LogP contribution in [0.25, 0.3) is 0 Å². The predicted molar refractivity (Wildman–Crippen MR) is 46.7 cm³/mol. The first-order valence-electron chi connectivity index (χ1n) is 4.74. The van der Waals surface area contributed by atoms with Gasteiger partial charge in [-0.05, 0) is 12.8 Å². The molecule has 2 rings (SSSR count). The molecule has 5 nitrogen and oxygen atoms in total. The molecule has 14 heavy (non-hydrogen) atoms. The highest BCUT2D eigenvalue weighted by Crippen LogP contribution is 2.41. The number of carbonyl (C=O) groups is 2. The molecule has 0 saturated carbocycles. The van der Waals surface area contributed by atoms with Gasteiger partial charge in [0.15, 0.2) is 0 Å². The molecule has 2 fully saturated rings. The van der Waals surface area contributed by atoms with E-state index >= 15 is 0 Å². The first kappa shape index (κ1) is 9.45. The number of hydrogen-bond acceptors (Lipinski definition) is 3. The van der Waals surface area contributed by atoms with Crippen molar-refractivity contribution in [2.24, 2.45) is 5.41 Å². The van der Waals surface area contributed by atoms with Gasteiger partial charge in [0.2, 0.25) is 5.91 Å². The normalized spacial score (nSPS) is 30.3. The third-order valence-electron chi connectivity index (χ3n) is 3.17.